The van der Waals surface area contributed by atoms with Crippen molar-refractivity contribution in [1.82, 2.24) is 10.2 Å². The van der Waals surface area contributed by atoms with Gasteiger partial charge in [-0.1, -0.05) is 6.92 Å². The van der Waals surface area contributed by atoms with Gasteiger partial charge in [-0.3, -0.25) is 4.79 Å². The second kappa shape index (κ2) is 8.14. The molecule has 2 rings (SSSR count). The minimum absolute atomic E-state index is 0.217. The van der Waals surface area contributed by atoms with E-state index in [4.69, 9.17) is 9.47 Å². The molecule has 0 saturated heterocycles. The standard InChI is InChI=1S/C17H22N4O3/c1-5-11(2)18-16-9-7-13(20-21-16)17(22)19-14-10-12(23-3)6-8-15(14)24-4/h6-11H,5H2,1-4H3,(H,18,21)(H,19,22). The third kappa shape index (κ3) is 4.34. The summed E-state index contributed by atoms with van der Waals surface area (Å²) in [6.45, 7) is 4.13. The molecule has 1 aromatic carbocycles. The van der Waals surface area contributed by atoms with Crippen molar-refractivity contribution in [2.75, 3.05) is 24.9 Å². The molecule has 7 nitrogen and oxygen atoms in total. The molecule has 0 radical (unpaired) electrons. The van der Waals surface area contributed by atoms with E-state index in [1.165, 1.54) is 7.11 Å². The number of rotatable bonds is 7. The first kappa shape index (κ1) is 17.5. The van der Waals surface area contributed by atoms with Gasteiger partial charge in [-0.15, -0.1) is 10.2 Å². The molecule has 24 heavy (non-hydrogen) atoms. The predicted octanol–water partition coefficient (Wildman–Crippen LogP) is 2.96. The van der Waals surface area contributed by atoms with Gasteiger partial charge in [-0.05, 0) is 37.6 Å². The zero-order valence-electron chi connectivity index (χ0n) is 14.3. The Labute approximate surface area is 141 Å². The first-order valence-corrected chi connectivity index (χ1v) is 7.71. The SMILES string of the molecule is CCC(C)Nc1ccc(C(=O)Nc2cc(OC)ccc2OC)nn1. The molecule has 1 atom stereocenters. The average molecular weight is 330 g/mol. The Morgan fingerprint density at radius 2 is 1.96 bits per heavy atom. The van der Waals surface area contributed by atoms with Crippen LogP contribution in [-0.2, 0) is 0 Å². The molecule has 7 heteroatoms. The van der Waals surface area contributed by atoms with Crippen molar-refractivity contribution in [3.05, 3.63) is 36.0 Å². The Hall–Kier alpha value is -2.83. The fourth-order valence-electron chi connectivity index (χ4n) is 1.98. The minimum Gasteiger partial charge on any atom is -0.497 e. The Bertz CT molecular complexity index is 689. The molecule has 0 fully saturated rings. The summed E-state index contributed by atoms with van der Waals surface area (Å²) in [4.78, 5) is 12.3. The molecule has 0 saturated carbocycles. The van der Waals surface area contributed by atoms with Gasteiger partial charge in [0.25, 0.3) is 5.91 Å². The lowest BCUT2D eigenvalue weighted by molar-refractivity contribution is 0.102. The maximum atomic E-state index is 12.3. The van der Waals surface area contributed by atoms with Crippen LogP contribution in [0.1, 0.15) is 30.8 Å². The predicted molar refractivity (Wildman–Crippen MR) is 92.9 cm³/mol. The van der Waals surface area contributed by atoms with Gasteiger partial charge in [0.15, 0.2) is 5.69 Å². The number of ether oxygens (including phenoxy) is 2. The van der Waals surface area contributed by atoms with Gasteiger partial charge in [-0.25, -0.2) is 0 Å². The second-order valence-corrected chi connectivity index (χ2v) is 5.28. The van der Waals surface area contributed by atoms with E-state index in [1.54, 1.807) is 37.4 Å². The quantitative estimate of drug-likeness (QED) is 0.812. The summed E-state index contributed by atoms with van der Waals surface area (Å²) in [5.41, 5.74) is 0.722. The lowest BCUT2D eigenvalue weighted by atomic mass is 10.2. The van der Waals surface area contributed by atoms with Gasteiger partial charge in [0, 0.05) is 12.1 Å². The highest BCUT2D eigenvalue weighted by Crippen LogP contribution is 2.29. The van der Waals surface area contributed by atoms with Crippen LogP contribution in [0.15, 0.2) is 30.3 Å². The van der Waals surface area contributed by atoms with Crippen LogP contribution in [0, 0.1) is 0 Å². The largest absolute Gasteiger partial charge is 0.497 e. The van der Waals surface area contributed by atoms with Crippen LogP contribution in [0.4, 0.5) is 11.5 Å². The molecule has 0 aliphatic rings. The summed E-state index contributed by atoms with van der Waals surface area (Å²) in [6, 6.07) is 8.81. The lowest BCUT2D eigenvalue weighted by Gasteiger charge is -2.12. The van der Waals surface area contributed by atoms with Gasteiger partial charge in [0.1, 0.15) is 17.3 Å². The minimum atomic E-state index is -0.371. The number of anilines is 2. The molecule has 128 valence electrons. The Kier molecular flexibility index (Phi) is 5.95. The van der Waals surface area contributed by atoms with Crippen molar-refractivity contribution >= 4 is 17.4 Å². The molecule has 0 aliphatic carbocycles. The van der Waals surface area contributed by atoms with E-state index in [0.29, 0.717) is 29.0 Å². The van der Waals surface area contributed by atoms with Gasteiger partial charge in [0.2, 0.25) is 0 Å². The molecule has 2 N–H and O–H groups in total. The van der Waals surface area contributed by atoms with Crippen LogP contribution < -0.4 is 20.1 Å². The summed E-state index contributed by atoms with van der Waals surface area (Å²) in [5, 5.41) is 13.9. The molecule has 1 unspecified atom stereocenters. The van der Waals surface area contributed by atoms with Crippen molar-refractivity contribution < 1.29 is 14.3 Å². The van der Waals surface area contributed by atoms with Crippen LogP contribution in [0.2, 0.25) is 0 Å². The van der Waals surface area contributed by atoms with Crippen LogP contribution in [0.3, 0.4) is 0 Å². The molecule has 0 aliphatic heterocycles. The van der Waals surface area contributed by atoms with Crippen molar-refractivity contribution in [3.8, 4) is 11.5 Å². The molecule has 1 heterocycles. The summed E-state index contributed by atoms with van der Waals surface area (Å²) < 4.78 is 10.4. The maximum Gasteiger partial charge on any atom is 0.276 e. The smallest absolute Gasteiger partial charge is 0.276 e. The van der Waals surface area contributed by atoms with Gasteiger partial charge in [0.05, 0.1) is 19.9 Å². The summed E-state index contributed by atoms with van der Waals surface area (Å²) in [5.74, 6) is 1.42. The van der Waals surface area contributed by atoms with Crippen molar-refractivity contribution in [2.45, 2.75) is 26.3 Å². The summed E-state index contributed by atoms with van der Waals surface area (Å²) >= 11 is 0. The van der Waals surface area contributed by atoms with E-state index in [1.807, 2.05) is 0 Å². The third-order valence-electron chi connectivity index (χ3n) is 3.56. The molecular formula is C17H22N4O3. The second-order valence-electron chi connectivity index (χ2n) is 5.28. The van der Waals surface area contributed by atoms with Crippen molar-refractivity contribution in [2.24, 2.45) is 0 Å². The number of nitrogens with one attached hydrogen (secondary N) is 2. The Morgan fingerprint density at radius 3 is 2.54 bits per heavy atom. The highest BCUT2D eigenvalue weighted by molar-refractivity contribution is 6.03. The molecule has 2 aromatic rings. The highest BCUT2D eigenvalue weighted by Gasteiger charge is 2.13. The lowest BCUT2D eigenvalue weighted by Crippen LogP contribution is -2.17. The van der Waals surface area contributed by atoms with E-state index in [9.17, 15) is 4.79 Å². The maximum absolute atomic E-state index is 12.3. The van der Waals surface area contributed by atoms with E-state index in [-0.39, 0.29) is 11.6 Å². The first-order chi connectivity index (χ1) is 11.6. The molecule has 1 aromatic heterocycles. The van der Waals surface area contributed by atoms with Gasteiger partial charge >= 0.3 is 0 Å². The number of methoxy groups -OCH3 is 2. The normalized spacial score (nSPS) is 11.5. The highest BCUT2D eigenvalue weighted by atomic mass is 16.5. The fraction of sp³-hybridized carbons (Fsp3) is 0.353. The Balaban J connectivity index is 2.12. The summed E-state index contributed by atoms with van der Waals surface area (Å²) in [7, 11) is 3.09. The molecule has 1 amide bonds. The number of amides is 1. The third-order valence-corrected chi connectivity index (χ3v) is 3.56. The molecular weight excluding hydrogens is 308 g/mol. The van der Waals surface area contributed by atoms with Crippen LogP contribution >= 0.6 is 0 Å². The number of carbonyl (C=O) groups excluding carboxylic acids is 1. The van der Waals surface area contributed by atoms with E-state index >= 15 is 0 Å². The number of benzene rings is 1. The Morgan fingerprint density at radius 1 is 1.17 bits per heavy atom. The molecule has 0 bridgehead atoms. The van der Waals surface area contributed by atoms with Gasteiger partial charge in [-0.2, -0.15) is 0 Å². The number of aromatic nitrogens is 2. The van der Waals surface area contributed by atoms with Crippen molar-refractivity contribution in [3.63, 3.8) is 0 Å². The molecule has 0 spiro atoms. The van der Waals surface area contributed by atoms with Crippen LogP contribution in [-0.4, -0.2) is 36.4 Å². The zero-order chi connectivity index (χ0) is 17.5. The van der Waals surface area contributed by atoms with Gasteiger partial charge < -0.3 is 20.1 Å². The zero-order valence-corrected chi connectivity index (χ0v) is 14.3. The number of hydrogen-bond donors (Lipinski definition) is 2. The summed E-state index contributed by atoms with van der Waals surface area (Å²) in [6.07, 6.45) is 0.972. The first-order valence-electron chi connectivity index (χ1n) is 7.71. The number of carbonyl (C=O) groups is 1. The monoisotopic (exact) mass is 330 g/mol. The number of nitrogens with zero attached hydrogens (tertiary/aromatic N) is 2. The topological polar surface area (TPSA) is 85.4 Å². The average Bonchev–Trinajstić information content (AvgIpc) is 2.62. The van der Waals surface area contributed by atoms with Crippen LogP contribution in [0.25, 0.3) is 0 Å². The van der Waals surface area contributed by atoms with E-state index in [2.05, 4.69) is 34.7 Å². The van der Waals surface area contributed by atoms with Crippen LogP contribution in [0.5, 0.6) is 11.5 Å². The van der Waals surface area contributed by atoms with E-state index in [0.717, 1.165) is 6.42 Å². The van der Waals surface area contributed by atoms with E-state index < -0.39 is 0 Å². The van der Waals surface area contributed by atoms with Crippen molar-refractivity contribution in [1.29, 1.82) is 0 Å². The fourth-order valence-corrected chi connectivity index (χ4v) is 1.98. The number of hydrogen-bond acceptors (Lipinski definition) is 6.